The van der Waals surface area contributed by atoms with Crippen LogP contribution in [0, 0.1) is 0 Å². The Morgan fingerprint density at radius 1 is 1.24 bits per heavy atom. The summed E-state index contributed by atoms with van der Waals surface area (Å²) in [6.45, 7) is 8.38. The summed E-state index contributed by atoms with van der Waals surface area (Å²) in [6.07, 6.45) is 7.12. The topological polar surface area (TPSA) is 69.6 Å². The van der Waals surface area contributed by atoms with E-state index in [0.717, 1.165) is 23.2 Å². The predicted molar refractivity (Wildman–Crippen MR) is 117 cm³/mol. The van der Waals surface area contributed by atoms with Crippen molar-refractivity contribution in [3.05, 3.63) is 39.9 Å². The fourth-order valence-electron chi connectivity index (χ4n) is 3.70. The maximum atomic E-state index is 5.56. The molecule has 0 aromatic carbocycles. The summed E-state index contributed by atoms with van der Waals surface area (Å²) >= 11 is 3.45. The molecule has 1 aliphatic rings. The van der Waals surface area contributed by atoms with Crippen molar-refractivity contribution in [2.75, 3.05) is 0 Å². The molecule has 3 aromatic heterocycles. The average Bonchev–Trinajstić information content (AvgIpc) is 3.43. The summed E-state index contributed by atoms with van der Waals surface area (Å²) < 4.78 is 7.95. The van der Waals surface area contributed by atoms with Gasteiger partial charge >= 0.3 is 0 Å². The van der Waals surface area contributed by atoms with Gasteiger partial charge in [0, 0.05) is 22.8 Å². The van der Waals surface area contributed by atoms with Gasteiger partial charge in [-0.25, -0.2) is 0 Å². The predicted octanol–water partition coefficient (Wildman–Crippen LogP) is 5.97. The molecule has 0 radical (unpaired) electrons. The van der Waals surface area contributed by atoms with Gasteiger partial charge in [0.1, 0.15) is 5.82 Å². The van der Waals surface area contributed by atoms with Crippen molar-refractivity contribution < 1.29 is 4.52 Å². The Balaban J connectivity index is 1.58. The molecule has 1 unspecified atom stereocenters. The van der Waals surface area contributed by atoms with Gasteiger partial charge in [0.05, 0.1) is 5.25 Å². The summed E-state index contributed by atoms with van der Waals surface area (Å²) in [7, 11) is 0. The molecule has 0 saturated heterocycles. The van der Waals surface area contributed by atoms with Crippen LogP contribution in [0.1, 0.15) is 93.5 Å². The van der Waals surface area contributed by atoms with Crippen LogP contribution in [0.4, 0.5) is 0 Å². The maximum absolute atomic E-state index is 5.56. The molecule has 29 heavy (non-hydrogen) atoms. The van der Waals surface area contributed by atoms with Crippen LogP contribution < -0.4 is 0 Å². The molecule has 4 rings (SSSR count). The first-order valence-electron chi connectivity index (χ1n) is 10.4. The zero-order chi connectivity index (χ0) is 20.4. The minimum Gasteiger partial charge on any atom is -0.338 e. The molecule has 1 aliphatic carbocycles. The summed E-state index contributed by atoms with van der Waals surface area (Å²) in [5.41, 5.74) is -0.123. The van der Waals surface area contributed by atoms with Crippen molar-refractivity contribution >= 4 is 23.1 Å². The standard InChI is InChI=1S/C21H29N5OS2/c1-14(18-22-19(25-27-18)21(2,3)4)29-20-24-23-17(13-16-11-8-12-28-16)26(20)15-9-6-5-7-10-15/h8,11-12,14-15H,5-7,9-10,13H2,1-4H3. The highest BCUT2D eigenvalue weighted by atomic mass is 32.2. The average molecular weight is 432 g/mol. The molecule has 6 nitrogen and oxygen atoms in total. The molecule has 0 amide bonds. The number of nitrogens with zero attached hydrogens (tertiary/aromatic N) is 5. The SMILES string of the molecule is CC(Sc1nnc(Cc2cccs2)n1C1CCCCC1)c1nc(C(C)(C)C)no1. The van der Waals surface area contributed by atoms with E-state index in [4.69, 9.17) is 4.52 Å². The third-order valence-corrected chi connectivity index (χ3v) is 7.25. The molecule has 156 valence electrons. The van der Waals surface area contributed by atoms with E-state index in [1.165, 1.54) is 37.0 Å². The number of hydrogen-bond donors (Lipinski definition) is 0. The van der Waals surface area contributed by atoms with E-state index in [9.17, 15) is 0 Å². The van der Waals surface area contributed by atoms with Gasteiger partial charge in [-0.1, -0.05) is 63.0 Å². The molecule has 1 fully saturated rings. The van der Waals surface area contributed by atoms with Crippen molar-refractivity contribution in [1.82, 2.24) is 24.9 Å². The number of aromatic nitrogens is 5. The Hall–Kier alpha value is -1.67. The third kappa shape index (κ3) is 4.74. The van der Waals surface area contributed by atoms with Gasteiger partial charge in [-0.05, 0) is 31.2 Å². The first-order valence-corrected chi connectivity index (χ1v) is 12.1. The van der Waals surface area contributed by atoms with Crippen molar-refractivity contribution in [3.8, 4) is 0 Å². The second-order valence-electron chi connectivity index (χ2n) is 8.78. The molecule has 8 heteroatoms. The third-order valence-electron chi connectivity index (χ3n) is 5.33. The molecular formula is C21H29N5OS2. The summed E-state index contributed by atoms with van der Waals surface area (Å²) in [6, 6.07) is 4.75. The quantitative estimate of drug-likeness (QED) is 0.448. The van der Waals surface area contributed by atoms with E-state index < -0.39 is 0 Å². The van der Waals surface area contributed by atoms with Crippen LogP contribution in [0.3, 0.4) is 0 Å². The molecule has 3 aromatic rings. The van der Waals surface area contributed by atoms with Crippen LogP contribution in [-0.4, -0.2) is 24.9 Å². The lowest BCUT2D eigenvalue weighted by Crippen LogP contribution is -2.17. The lowest BCUT2D eigenvalue weighted by molar-refractivity contribution is 0.330. The first-order chi connectivity index (χ1) is 13.9. The fourth-order valence-corrected chi connectivity index (χ4v) is 5.37. The molecule has 0 spiro atoms. The van der Waals surface area contributed by atoms with E-state index in [1.807, 2.05) is 0 Å². The van der Waals surface area contributed by atoms with E-state index >= 15 is 0 Å². The van der Waals surface area contributed by atoms with Crippen LogP contribution in [0.25, 0.3) is 0 Å². The maximum Gasteiger partial charge on any atom is 0.239 e. The lowest BCUT2D eigenvalue weighted by atomic mass is 9.95. The Bertz CT molecular complexity index is 919. The lowest BCUT2D eigenvalue weighted by Gasteiger charge is -2.26. The highest BCUT2D eigenvalue weighted by Crippen LogP contribution is 2.38. The van der Waals surface area contributed by atoms with E-state index in [-0.39, 0.29) is 10.7 Å². The Morgan fingerprint density at radius 2 is 2.03 bits per heavy atom. The molecular weight excluding hydrogens is 402 g/mol. The second kappa shape index (κ2) is 8.60. The summed E-state index contributed by atoms with van der Waals surface area (Å²) in [4.78, 5) is 5.96. The van der Waals surface area contributed by atoms with E-state index in [2.05, 4.69) is 70.1 Å². The zero-order valence-corrected chi connectivity index (χ0v) is 19.2. The van der Waals surface area contributed by atoms with Gasteiger partial charge in [-0.3, -0.25) is 0 Å². The fraction of sp³-hybridized carbons (Fsp3) is 0.619. The van der Waals surface area contributed by atoms with Crippen molar-refractivity contribution in [1.29, 1.82) is 0 Å². The molecule has 1 atom stereocenters. The highest BCUT2D eigenvalue weighted by Gasteiger charge is 2.27. The molecule has 1 saturated carbocycles. The van der Waals surface area contributed by atoms with Crippen molar-refractivity contribution in [2.45, 2.75) is 88.1 Å². The number of thioether (sulfide) groups is 1. The van der Waals surface area contributed by atoms with Crippen LogP contribution in [-0.2, 0) is 11.8 Å². The van der Waals surface area contributed by atoms with Gasteiger partial charge in [-0.2, -0.15) is 4.98 Å². The normalized spacial score (nSPS) is 17.0. The first kappa shape index (κ1) is 20.6. The van der Waals surface area contributed by atoms with Gasteiger partial charge in [-0.15, -0.1) is 21.5 Å². The minimum atomic E-state index is -0.123. The van der Waals surface area contributed by atoms with E-state index in [0.29, 0.717) is 11.9 Å². The monoisotopic (exact) mass is 431 g/mol. The van der Waals surface area contributed by atoms with Crippen LogP contribution in [0.15, 0.2) is 27.2 Å². The van der Waals surface area contributed by atoms with Gasteiger partial charge in [0.2, 0.25) is 5.89 Å². The van der Waals surface area contributed by atoms with Crippen LogP contribution in [0.5, 0.6) is 0 Å². The molecule has 0 N–H and O–H groups in total. The van der Waals surface area contributed by atoms with Crippen LogP contribution in [0.2, 0.25) is 0 Å². The van der Waals surface area contributed by atoms with Gasteiger partial charge in [0.25, 0.3) is 0 Å². The molecule has 3 heterocycles. The number of hydrogen-bond acceptors (Lipinski definition) is 7. The van der Waals surface area contributed by atoms with Crippen LogP contribution >= 0.6 is 23.1 Å². The second-order valence-corrected chi connectivity index (χ2v) is 11.1. The summed E-state index contributed by atoms with van der Waals surface area (Å²) in [5, 5.41) is 16.5. The van der Waals surface area contributed by atoms with Gasteiger partial charge < -0.3 is 9.09 Å². The number of rotatable bonds is 6. The van der Waals surface area contributed by atoms with Crippen molar-refractivity contribution in [3.63, 3.8) is 0 Å². The Kier molecular flexibility index (Phi) is 6.11. The Labute approximate surface area is 180 Å². The summed E-state index contributed by atoms with van der Waals surface area (Å²) in [5.74, 6) is 2.46. The molecule has 0 aliphatic heterocycles. The smallest absolute Gasteiger partial charge is 0.239 e. The molecule has 0 bridgehead atoms. The largest absolute Gasteiger partial charge is 0.338 e. The minimum absolute atomic E-state index is 0.0275. The van der Waals surface area contributed by atoms with E-state index in [1.54, 1.807) is 23.1 Å². The van der Waals surface area contributed by atoms with Crippen molar-refractivity contribution in [2.24, 2.45) is 0 Å². The Morgan fingerprint density at radius 3 is 2.69 bits per heavy atom. The van der Waals surface area contributed by atoms with Gasteiger partial charge in [0.15, 0.2) is 11.0 Å². The zero-order valence-electron chi connectivity index (χ0n) is 17.6. The number of thiophene rings is 1. The highest BCUT2D eigenvalue weighted by molar-refractivity contribution is 7.99.